The van der Waals surface area contributed by atoms with Gasteiger partial charge in [-0.15, -0.1) is 0 Å². The zero-order valence-corrected chi connectivity index (χ0v) is 11.2. The monoisotopic (exact) mass is 265 g/mol. The van der Waals surface area contributed by atoms with E-state index in [0.717, 1.165) is 25.9 Å². The Balaban J connectivity index is 1.81. The van der Waals surface area contributed by atoms with Crippen LogP contribution >= 0.6 is 0 Å². The first-order valence-corrected chi connectivity index (χ1v) is 6.61. The van der Waals surface area contributed by atoms with Crippen LogP contribution in [0.2, 0.25) is 0 Å². The largest absolute Gasteiger partial charge is 0.325 e. The van der Waals surface area contributed by atoms with E-state index >= 15 is 0 Å². The Bertz CT molecular complexity index is 415. The highest BCUT2D eigenvalue weighted by molar-refractivity contribution is 5.92. The molecule has 0 bridgehead atoms. The maximum atomic E-state index is 12.8. The third-order valence-electron chi connectivity index (χ3n) is 3.45. The average molecular weight is 265 g/mol. The van der Waals surface area contributed by atoms with E-state index in [0.29, 0.717) is 18.3 Å². The molecule has 2 rings (SSSR count). The smallest absolute Gasteiger partial charge is 0.238 e. The molecule has 2 N–H and O–H groups in total. The van der Waals surface area contributed by atoms with Crippen molar-refractivity contribution >= 4 is 11.6 Å². The number of carbonyl (C=O) groups is 1. The molecule has 1 aliphatic heterocycles. The SMILES string of the molecule is CN(CC(=O)Nc1ccc(F)cc1)C1CCNCC1. The molecule has 1 aromatic rings. The molecule has 19 heavy (non-hydrogen) atoms. The molecule has 1 amide bonds. The van der Waals surface area contributed by atoms with Crippen LogP contribution in [0.25, 0.3) is 0 Å². The van der Waals surface area contributed by atoms with Gasteiger partial charge in [-0.3, -0.25) is 9.69 Å². The van der Waals surface area contributed by atoms with Crippen LogP contribution in [0.3, 0.4) is 0 Å². The molecule has 1 aliphatic rings. The van der Waals surface area contributed by atoms with E-state index in [4.69, 9.17) is 0 Å². The number of hydrogen-bond acceptors (Lipinski definition) is 3. The molecule has 0 saturated carbocycles. The van der Waals surface area contributed by atoms with Gasteiger partial charge in [0.1, 0.15) is 5.82 Å². The Morgan fingerprint density at radius 3 is 2.63 bits per heavy atom. The minimum absolute atomic E-state index is 0.0624. The van der Waals surface area contributed by atoms with Crippen LogP contribution in [0, 0.1) is 5.82 Å². The number of nitrogens with zero attached hydrogens (tertiary/aromatic N) is 1. The van der Waals surface area contributed by atoms with Crippen molar-refractivity contribution in [1.29, 1.82) is 0 Å². The van der Waals surface area contributed by atoms with Crippen LogP contribution in [-0.4, -0.2) is 43.5 Å². The van der Waals surface area contributed by atoms with Crippen LogP contribution in [0.5, 0.6) is 0 Å². The van der Waals surface area contributed by atoms with Crippen LogP contribution in [0.1, 0.15) is 12.8 Å². The highest BCUT2D eigenvalue weighted by Gasteiger charge is 2.19. The second-order valence-electron chi connectivity index (χ2n) is 4.95. The van der Waals surface area contributed by atoms with E-state index in [1.807, 2.05) is 7.05 Å². The maximum absolute atomic E-state index is 12.8. The molecule has 1 fully saturated rings. The fourth-order valence-corrected chi connectivity index (χ4v) is 2.34. The van der Waals surface area contributed by atoms with E-state index in [1.165, 1.54) is 12.1 Å². The number of benzene rings is 1. The van der Waals surface area contributed by atoms with Gasteiger partial charge in [0.15, 0.2) is 0 Å². The molecule has 104 valence electrons. The van der Waals surface area contributed by atoms with Crippen molar-refractivity contribution in [3.63, 3.8) is 0 Å². The lowest BCUT2D eigenvalue weighted by Crippen LogP contribution is -2.44. The van der Waals surface area contributed by atoms with Gasteiger partial charge in [0.25, 0.3) is 0 Å². The van der Waals surface area contributed by atoms with Gasteiger partial charge in [0.2, 0.25) is 5.91 Å². The molecular weight excluding hydrogens is 245 g/mol. The first-order valence-electron chi connectivity index (χ1n) is 6.61. The summed E-state index contributed by atoms with van der Waals surface area (Å²) in [6, 6.07) is 6.27. The summed E-state index contributed by atoms with van der Waals surface area (Å²) in [5, 5.41) is 6.08. The zero-order chi connectivity index (χ0) is 13.7. The fourth-order valence-electron chi connectivity index (χ4n) is 2.34. The summed E-state index contributed by atoms with van der Waals surface area (Å²) in [5.41, 5.74) is 0.630. The highest BCUT2D eigenvalue weighted by Crippen LogP contribution is 2.11. The first-order chi connectivity index (χ1) is 9.15. The Labute approximate surface area is 113 Å². The summed E-state index contributed by atoms with van der Waals surface area (Å²) >= 11 is 0. The van der Waals surface area contributed by atoms with Crippen LogP contribution in [0.4, 0.5) is 10.1 Å². The van der Waals surface area contributed by atoms with Gasteiger partial charge in [0, 0.05) is 11.7 Å². The number of rotatable bonds is 4. The lowest BCUT2D eigenvalue weighted by molar-refractivity contribution is -0.117. The normalized spacial score (nSPS) is 16.6. The number of amides is 1. The second kappa shape index (κ2) is 6.63. The third kappa shape index (κ3) is 4.29. The minimum atomic E-state index is -0.301. The van der Waals surface area contributed by atoms with Gasteiger partial charge in [-0.25, -0.2) is 4.39 Å². The predicted octanol–water partition coefficient (Wildman–Crippen LogP) is 1.45. The molecule has 1 heterocycles. The number of hydrogen-bond donors (Lipinski definition) is 2. The van der Waals surface area contributed by atoms with E-state index in [9.17, 15) is 9.18 Å². The Morgan fingerprint density at radius 1 is 1.37 bits per heavy atom. The van der Waals surface area contributed by atoms with Crippen LogP contribution < -0.4 is 10.6 Å². The number of carbonyl (C=O) groups excluding carboxylic acids is 1. The average Bonchev–Trinajstić information content (AvgIpc) is 2.42. The van der Waals surface area contributed by atoms with Gasteiger partial charge in [-0.1, -0.05) is 0 Å². The van der Waals surface area contributed by atoms with Crippen molar-refractivity contribution < 1.29 is 9.18 Å². The lowest BCUT2D eigenvalue weighted by atomic mass is 10.1. The van der Waals surface area contributed by atoms with Crippen molar-refractivity contribution in [1.82, 2.24) is 10.2 Å². The third-order valence-corrected chi connectivity index (χ3v) is 3.45. The van der Waals surface area contributed by atoms with Crippen molar-refractivity contribution in [2.24, 2.45) is 0 Å². The molecule has 0 spiro atoms. The van der Waals surface area contributed by atoms with E-state index in [1.54, 1.807) is 12.1 Å². The zero-order valence-electron chi connectivity index (χ0n) is 11.2. The van der Waals surface area contributed by atoms with Gasteiger partial charge < -0.3 is 10.6 Å². The predicted molar refractivity (Wildman–Crippen MR) is 73.6 cm³/mol. The quantitative estimate of drug-likeness (QED) is 0.866. The molecular formula is C14H20FN3O. The summed E-state index contributed by atoms with van der Waals surface area (Å²) in [5.74, 6) is -0.363. The van der Waals surface area contributed by atoms with E-state index < -0.39 is 0 Å². The summed E-state index contributed by atoms with van der Waals surface area (Å²) < 4.78 is 12.8. The second-order valence-corrected chi connectivity index (χ2v) is 4.95. The molecule has 0 aromatic heterocycles. The Kier molecular flexibility index (Phi) is 4.87. The summed E-state index contributed by atoms with van der Waals surface area (Å²) in [6.45, 7) is 2.38. The van der Waals surface area contributed by atoms with Crippen molar-refractivity contribution in [2.75, 3.05) is 32.0 Å². The van der Waals surface area contributed by atoms with E-state index in [-0.39, 0.29) is 11.7 Å². The standard InChI is InChI=1S/C14H20FN3O/c1-18(13-6-8-16-9-7-13)10-14(19)17-12-4-2-11(15)3-5-12/h2-5,13,16H,6-10H2,1H3,(H,17,19). The van der Waals surface area contributed by atoms with Gasteiger partial charge in [-0.2, -0.15) is 0 Å². The summed E-state index contributed by atoms with van der Waals surface area (Å²) in [7, 11) is 1.97. The molecule has 0 unspecified atom stereocenters. The number of likely N-dealkylation sites (N-methyl/N-ethyl adjacent to an activating group) is 1. The molecule has 1 aromatic carbocycles. The van der Waals surface area contributed by atoms with Gasteiger partial charge in [0.05, 0.1) is 6.54 Å². The molecule has 0 atom stereocenters. The van der Waals surface area contributed by atoms with Crippen molar-refractivity contribution in [2.45, 2.75) is 18.9 Å². The van der Waals surface area contributed by atoms with Gasteiger partial charge >= 0.3 is 0 Å². The summed E-state index contributed by atoms with van der Waals surface area (Å²) in [6.07, 6.45) is 2.14. The van der Waals surface area contributed by atoms with Crippen molar-refractivity contribution in [3.8, 4) is 0 Å². The number of halogens is 1. The van der Waals surface area contributed by atoms with Gasteiger partial charge in [-0.05, 0) is 57.2 Å². The molecule has 4 nitrogen and oxygen atoms in total. The van der Waals surface area contributed by atoms with Crippen LogP contribution in [-0.2, 0) is 4.79 Å². The fraction of sp³-hybridized carbons (Fsp3) is 0.500. The topological polar surface area (TPSA) is 44.4 Å². The molecule has 5 heteroatoms. The lowest BCUT2D eigenvalue weighted by Gasteiger charge is -2.31. The summed E-state index contributed by atoms with van der Waals surface area (Å²) in [4.78, 5) is 14.0. The minimum Gasteiger partial charge on any atom is -0.325 e. The molecule has 1 saturated heterocycles. The first kappa shape index (κ1) is 14.0. The highest BCUT2D eigenvalue weighted by atomic mass is 19.1. The van der Waals surface area contributed by atoms with Crippen LogP contribution in [0.15, 0.2) is 24.3 Å². The van der Waals surface area contributed by atoms with Crippen molar-refractivity contribution in [3.05, 3.63) is 30.1 Å². The Morgan fingerprint density at radius 2 is 2.00 bits per heavy atom. The number of piperidine rings is 1. The van der Waals surface area contributed by atoms with E-state index in [2.05, 4.69) is 15.5 Å². The number of nitrogens with one attached hydrogen (secondary N) is 2. The maximum Gasteiger partial charge on any atom is 0.238 e. The Hall–Kier alpha value is -1.46. The molecule has 0 radical (unpaired) electrons. The molecule has 0 aliphatic carbocycles. The number of anilines is 1.